The van der Waals surface area contributed by atoms with Crippen LogP contribution in [-0.4, -0.2) is 18.5 Å². The Kier molecular flexibility index (Phi) is 6.48. The van der Waals surface area contributed by atoms with Gasteiger partial charge in [-0.25, -0.2) is 0 Å². The van der Waals surface area contributed by atoms with Gasteiger partial charge in [-0.3, -0.25) is 4.90 Å². The Hall–Kier alpha value is 0.0500. The van der Waals surface area contributed by atoms with Crippen LogP contribution >= 0.6 is 35.6 Å². The summed E-state index contributed by atoms with van der Waals surface area (Å²) < 4.78 is 0. The zero-order chi connectivity index (χ0) is 14.9. The van der Waals surface area contributed by atoms with Gasteiger partial charge in [-0.15, -0.1) is 12.4 Å². The summed E-state index contributed by atoms with van der Waals surface area (Å²) >= 11 is 12.3. The fraction of sp³-hybridized carbons (Fsp3) is 0.667. The van der Waals surface area contributed by atoms with E-state index in [2.05, 4.69) is 24.1 Å². The maximum absolute atomic E-state index is 6.25. The van der Waals surface area contributed by atoms with Gasteiger partial charge in [0.2, 0.25) is 0 Å². The van der Waals surface area contributed by atoms with E-state index in [0.29, 0.717) is 10.0 Å². The average molecular weight is 363 g/mol. The molecule has 2 fully saturated rings. The van der Waals surface area contributed by atoms with Crippen molar-refractivity contribution in [2.24, 2.45) is 5.92 Å². The predicted octanol–water partition coefficient (Wildman–Crippen LogP) is 6.31. The minimum Gasteiger partial charge on any atom is -0.296 e. The van der Waals surface area contributed by atoms with E-state index in [1.54, 1.807) is 0 Å². The van der Waals surface area contributed by atoms with E-state index < -0.39 is 0 Å². The Morgan fingerprint density at radius 3 is 2.27 bits per heavy atom. The molecule has 0 saturated heterocycles. The first-order valence-electron chi connectivity index (χ1n) is 8.28. The lowest BCUT2D eigenvalue weighted by Gasteiger charge is -2.50. The molecule has 0 bridgehead atoms. The standard InChI is InChI=1S/C18H25Cl2N.ClH/c1-21(13-14-6-3-2-4-7-14)18(10-5-11-18)15-8-9-16(19)17(20)12-15;/h8-9,12,14H,2-7,10-11,13H2,1H3;1H. The zero-order valence-electron chi connectivity index (χ0n) is 13.3. The second kappa shape index (κ2) is 7.75. The number of benzene rings is 1. The molecule has 0 radical (unpaired) electrons. The van der Waals surface area contributed by atoms with Crippen LogP contribution in [0.1, 0.15) is 56.9 Å². The molecule has 0 unspecified atom stereocenters. The Bertz CT molecular complexity index is 493. The van der Waals surface area contributed by atoms with Gasteiger partial charge < -0.3 is 0 Å². The fourth-order valence-electron chi connectivity index (χ4n) is 4.12. The monoisotopic (exact) mass is 361 g/mol. The van der Waals surface area contributed by atoms with E-state index in [1.807, 2.05) is 6.07 Å². The number of hydrogen-bond donors (Lipinski definition) is 0. The molecule has 0 heterocycles. The van der Waals surface area contributed by atoms with Gasteiger partial charge in [0.05, 0.1) is 10.0 Å². The molecule has 2 saturated carbocycles. The summed E-state index contributed by atoms with van der Waals surface area (Å²) in [6.07, 6.45) is 10.9. The van der Waals surface area contributed by atoms with E-state index in [9.17, 15) is 0 Å². The molecule has 1 aromatic carbocycles. The van der Waals surface area contributed by atoms with E-state index in [-0.39, 0.29) is 17.9 Å². The molecular weight excluding hydrogens is 337 g/mol. The summed E-state index contributed by atoms with van der Waals surface area (Å²) in [6.45, 7) is 1.22. The number of nitrogens with zero attached hydrogens (tertiary/aromatic N) is 1. The molecule has 4 heteroatoms. The number of hydrogen-bond acceptors (Lipinski definition) is 1. The van der Waals surface area contributed by atoms with Crippen LogP contribution in [0.3, 0.4) is 0 Å². The third kappa shape index (κ3) is 3.59. The highest BCUT2D eigenvalue weighted by molar-refractivity contribution is 6.42. The molecule has 1 aromatic rings. The molecule has 0 spiro atoms. The Labute approximate surface area is 150 Å². The van der Waals surface area contributed by atoms with E-state index in [1.165, 1.54) is 63.5 Å². The fourth-order valence-corrected chi connectivity index (χ4v) is 4.42. The van der Waals surface area contributed by atoms with Gasteiger partial charge in [-0.1, -0.05) is 48.5 Å². The summed E-state index contributed by atoms with van der Waals surface area (Å²) in [5, 5.41) is 1.34. The van der Waals surface area contributed by atoms with Crippen molar-refractivity contribution in [3.05, 3.63) is 33.8 Å². The van der Waals surface area contributed by atoms with Crippen molar-refractivity contribution in [1.82, 2.24) is 4.90 Å². The van der Waals surface area contributed by atoms with Crippen LogP contribution in [0.5, 0.6) is 0 Å². The SMILES string of the molecule is CN(CC1CCCCC1)C1(c2ccc(Cl)c(Cl)c2)CCC1.Cl. The van der Waals surface area contributed by atoms with Gasteiger partial charge in [-0.05, 0) is 62.8 Å². The normalized spacial score (nSPS) is 21.3. The number of halogens is 3. The van der Waals surface area contributed by atoms with Crippen LogP contribution in [0.25, 0.3) is 0 Å². The summed E-state index contributed by atoms with van der Waals surface area (Å²) in [5.41, 5.74) is 1.55. The highest BCUT2D eigenvalue weighted by atomic mass is 35.5. The Balaban J connectivity index is 0.00000176. The topological polar surface area (TPSA) is 3.24 Å². The predicted molar refractivity (Wildman–Crippen MR) is 98.4 cm³/mol. The minimum absolute atomic E-state index is 0. The number of rotatable bonds is 4. The smallest absolute Gasteiger partial charge is 0.0595 e. The maximum Gasteiger partial charge on any atom is 0.0595 e. The van der Waals surface area contributed by atoms with Gasteiger partial charge >= 0.3 is 0 Å². The molecule has 124 valence electrons. The van der Waals surface area contributed by atoms with E-state index in [0.717, 1.165) is 5.92 Å². The van der Waals surface area contributed by atoms with Gasteiger partial charge in [-0.2, -0.15) is 0 Å². The molecule has 1 nitrogen and oxygen atoms in total. The summed E-state index contributed by atoms with van der Waals surface area (Å²) in [7, 11) is 2.30. The van der Waals surface area contributed by atoms with Crippen molar-refractivity contribution >= 4 is 35.6 Å². The molecule has 22 heavy (non-hydrogen) atoms. The van der Waals surface area contributed by atoms with Crippen LogP contribution in [0.2, 0.25) is 10.0 Å². The lowest BCUT2D eigenvalue weighted by atomic mass is 9.70. The van der Waals surface area contributed by atoms with Crippen molar-refractivity contribution in [3.8, 4) is 0 Å². The third-order valence-electron chi connectivity index (χ3n) is 5.63. The van der Waals surface area contributed by atoms with Crippen LogP contribution in [0, 0.1) is 5.92 Å². The molecule has 0 atom stereocenters. The van der Waals surface area contributed by atoms with Gasteiger partial charge in [0.1, 0.15) is 0 Å². The van der Waals surface area contributed by atoms with Crippen LogP contribution in [0.4, 0.5) is 0 Å². The summed E-state index contributed by atoms with van der Waals surface area (Å²) in [6, 6.07) is 6.21. The minimum atomic E-state index is 0. The maximum atomic E-state index is 6.25. The summed E-state index contributed by atoms with van der Waals surface area (Å²) in [4.78, 5) is 2.60. The van der Waals surface area contributed by atoms with Crippen LogP contribution in [-0.2, 0) is 5.54 Å². The Morgan fingerprint density at radius 2 is 1.73 bits per heavy atom. The molecule has 2 aliphatic rings. The average Bonchev–Trinajstić information content (AvgIpc) is 2.42. The molecular formula is C18H26Cl3N. The van der Waals surface area contributed by atoms with Crippen molar-refractivity contribution in [2.75, 3.05) is 13.6 Å². The molecule has 2 aliphatic carbocycles. The van der Waals surface area contributed by atoms with E-state index in [4.69, 9.17) is 23.2 Å². The lowest BCUT2D eigenvalue weighted by molar-refractivity contribution is 0.0178. The van der Waals surface area contributed by atoms with Crippen molar-refractivity contribution in [3.63, 3.8) is 0 Å². The van der Waals surface area contributed by atoms with Gasteiger partial charge in [0.25, 0.3) is 0 Å². The first-order valence-corrected chi connectivity index (χ1v) is 9.04. The van der Waals surface area contributed by atoms with Crippen molar-refractivity contribution in [1.29, 1.82) is 0 Å². The second-order valence-corrected chi connectivity index (χ2v) is 7.71. The molecule has 3 rings (SSSR count). The van der Waals surface area contributed by atoms with Crippen molar-refractivity contribution < 1.29 is 0 Å². The molecule has 0 aliphatic heterocycles. The van der Waals surface area contributed by atoms with Gasteiger partial charge in [0.15, 0.2) is 0 Å². The first-order chi connectivity index (χ1) is 10.1. The zero-order valence-corrected chi connectivity index (χ0v) is 15.6. The van der Waals surface area contributed by atoms with Crippen LogP contribution in [0.15, 0.2) is 18.2 Å². The third-order valence-corrected chi connectivity index (χ3v) is 6.36. The first kappa shape index (κ1) is 18.4. The largest absolute Gasteiger partial charge is 0.296 e. The van der Waals surface area contributed by atoms with Crippen molar-refractivity contribution in [2.45, 2.75) is 56.9 Å². The highest BCUT2D eigenvalue weighted by Crippen LogP contribution is 2.47. The summed E-state index contributed by atoms with van der Waals surface area (Å²) in [5.74, 6) is 0.879. The molecule has 0 aromatic heterocycles. The van der Waals surface area contributed by atoms with Crippen LogP contribution < -0.4 is 0 Å². The molecule has 0 amide bonds. The Morgan fingerprint density at radius 1 is 1.05 bits per heavy atom. The van der Waals surface area contributed by atoms with E-state index >= 15 is 0 Å². The molecule has 0 N–H and O–H groups in total. The lowest BCUT2D eigenvalue weighted by Crippen LogP contribution is -2.50. The quantitative estimate of drug-likeness (QED) is 0.607. The second-order valence-electron chi connectivity index (χ2n) is 6.90. The highest BCUT2D eigenvalue weighted by Gasteiger charge is 2.42. The van der Waals surface area contributed by atoms with Gasteiger partial charge in [0, 0.05) is 12.1 Å².